The van der Waals surface area contributed by atoms with Gasteiger partial charge in [0, 0.05) is 29.1 Å². The monoisotopic (exact) mass is 276 g/mol. The van der Waals surface area contributed by atoms with Crippen LogP contribution in [0.15, 0.2) is 47.9 Å². The van der Waals surface area contributed by atoms with Crippen LogP contribution in [0.3, 0.4) is 0 Å². The number of aromatic nitrogens is 1. The van der Waals surface area contributed by atoms with E-state index in [1.54, 1.807) is 30.6 Å². The molecule has 0 amide bonds. The van der Waals surface area contributed by atoms with Gasteiger partial charge in [-0.15, -0.1) is 12.4 Å². The Morgan fingerprint density at radius 1 is 1.11 bits per heavy atom. The van der Waals surface area contributed by atoms with Crippen molar-refractivity contribution in [2.45, 2.75) is 0 Å². The van der Waals surface area contributed by atoms with Crippen molar-refractivity contribution in [3.8, 4) is 11.8 Å². The largest absolute Gasteiger partial charge is 0.411 e. The van der Waals surface area contributed by atoms with Crippen molar-refractivity contribution in [3.05, 3.63) is 65.2 Å². The highest BCUT2D eigenvalue weighted by molar-refractivity contribution is 5.85. The summed E-state index contributed by atoms with van der Waals surface area (Å²) in [5.41, 5.74) is 2.07. The minimum atomic E-state index is -0.289. The maximum atomic E-state index is 12.7. The molecule has 1 aromatic heterocycles. The molecule has 0 saturated heterocycles. The molecule has 2 aromatic rings. The lowest BCUT2D eigenvalue weighted by molar-refractivity contribution is 0.322. The van der Waals surface area contributed by atoms with Crippen LogP contribution in [0.2, 0.25) is 0 Å². The van der Waals surface area contributed by atoms with Gasteiger partial charge < -0.3 is 5.21 Å². The molecule has 0 bridgehead atoms. The van der Waals surface area contributed by atoms with Crippen LogP contribution in [0.25, 0.3) is 0 Å². The summed E-state index contributed by atoms with van der Waals surface area (Å²) >= 11 is 0. The van der Waals surface area contributed by atoms with Gasteiger partial charge >= 0.3 is 0 Å². The van der Waals surface area contributed by atoms with Gasteiger partial charge in [-0.2, -0.15) is 0 Å². The second kappa shape index (κ2) is 7.14. The molecule has 0 saturated carbocycles. The zero-order valence-electron chi connectivity index (χ0n) is 9.75. The molecule has 0 spiro atoms. The highest BCUT2D eigenvalue weighted by Crippen LogP contribution is 2.02. The van der Waals surface area contributed by atoms with Crippen molar-refractivity contribution in [3.63, 3.8) is 0 Å². The zero-order chi connectivity index (χ0) is 12.8. The average Bonchev–Trinajstić information content (AvgIpc) is 2.39. The maximum Gasteiger partial charge on any atom is 0.123 e. The molecule has 0 unspecified atom stereocenters. The number of rotatable bonds is 1. The van der Waals surface area contributed by atoms with E-state index in [1.807, 2.05) is 0 Å². The van der Waals surface area contributed by atoms with Crippen LogP contribution in [-0.2, 0) is 0 Å². The molecule has 3 nitrogen and oxygen atoms in total. The third-order valence-electron chi connectivity index (χ3n) is 2.16. The van der Waals surface area contributed by atoms with Gasteiger partial charge in [0.05, 0.1) is 6.21 Å². The number of pyridine rings is 1. The van der Waals surface area contributed by atoms with Crippen LogP contribution in [0.4, 0.5) is 4.39 Å². The Balaban J connectivity index is 0.00000180. The van der Waals surface area contributed by atoms with Gasteiger partial charge in [-0.25, -0.2) is 4.39 Å². The van der Waals surface area contributed by atoms with E-state index in [9.17, 15) is 4.39 Å². The molecule has 0 fully saturated rings. The molecule has 0 aliphatic carbocycles. The van der Waals surface area contributed by atoms with Crippen LogP contribution in [-0.4, -0.2) is 16.4 Å². The summed E-state index contributed by atoms with van der Waals surface area (Å²) in [6.45, 7) is 0. The first-order valence-corrected chi connectivity index (χ1v) is 5.18. The minimum Gasteiger partial charge on any atom is -0.411 e. The summed E-state index contributed by atoms with van der Waals surface area (Å²) < 4.78 is 12.7. The fourth-order valence-electron chi connectivity index (χ4n) is 1.34. The predicted octanol–water partition coefficient (Wildman–Crippen LogP) is 2.85. The molecule has 0 aliphatic rings. The predicted molar refractivity (Wildman–Crippen MR) is 73.2 cm³/mol. The Labute approximate surface area is 116 Å². The average molecular weight is 277 g/mol. The van der Waals surface area contributed by atoms with Crippen LogP contribution < -0.4 is 0 Å². The highest BCUT2D eigenvalue weighted by Gasteiger charge is 1.92. The molecule has 1 aromatic carbocycles. The SMILES string of the molecule is Cl.ON=Cc1cncc(C#Cc2ccc(F)cc2)c1. The lowest BCUT2D eigenvalue weighted by Crippen LogP contribution is -1.86. The Hall–Kier alpha value is -2.38. The van der Waals surface area contributed by atoms with Crippen molar-refractivity contribution in [2.24, 2.45) is 5.16 Å². The molecule has 19 heavy (non-hydrogen) atoms. The Morgan fingerprint density at radius 2 is 1.79 bits per heavy atom. The van der Waals surface area contributed by atoms with Gasteiger partial charge in [0.25, 0.3) is 0 Å². The van der Waals surface area contributed by atoms with E-state index >= 15 is 0 Å². The lowest BCUT2D eigenvalue weighted by Gasteiger charge is -1.93. The number of nitrogens with zero attached hydrogens (tertiary/aromatic N) is 2. The van der Waals surface area contributed by atoms with Crippen LogP contribution in [0, 0.1) is 17.7 Å². The van der Waals surface area contributed by atoms with Crippen molar-refractivity contribution in [1.82, 2.24) is 4.98 Å². The van der Waals surface area contributed by atoms with Crippen molar-refractivity contribution < 1.29 is 9.60 Å². The minimum absolute atomic E-state index is 0. The third-order valence-corrected chi connectivity index (χ3v) is 2.16. The summed E-state index contributed by atoms with van der Waals surface area (Å²) in [6.07, 6.45) is 4.43. The van der Waals surface area contributed by atoms with E-state index in [4.69, 9.17) is 5.21 Å². The van der Waals surface area contributed by atoms with Gasteiger partial charge in [-0.05, 0) is 30.3 Å². The zero-order valence-corrected chi connectivity index (χ0v) is 10.6. The normalized spacial score (nSPS) is 9.53. The first-order valence-electron chi connectivity index (χ1n) is 5.18. The van der Waals surface area contributed by atoms with Gasteiger partial charge in [-0.3, -0.25) is 4.98 Å². The molecule has 5 heteroatoms. The number of hydrogen-bond donors (Lipinski definition) is 1. The number of hydrogen-bond acceptors (Lipinski definition) is 3. The third kappa shape index (κ3) is 4.41. The van der Waals surface area contributed by atoms with E-state index in [2.05, 4.69) is 22.0 Å². The van der Waals surface area contributed by atoms with Gasteiger partial charge in [0.2, 0.25) is 0 Å². The molecule has 96 valence electrons. The summed E-state index contributed by atoms with van der Waals surface area (Å²) in [7, 11) is 0. The number of benzene rings is 1. The van der Waals surface area contributed by atoms with Crippen LogP contribution in [0.5, 0.6) is 0 Å². The van der Waals surface area contributed by atoms with E-state index in [-0.39, 0.29) is 18.2 Å². The first kappa shape index (κ1) is 14.7. The van der Waals surface area contributed by atoms with Gasteiger partial charge in [0.1, 0.15) is 5.82 Å². The quantitative estimate of drug-likeness (QED) is 0.377. The maximum absolute atomic E-state index is 12.7. The van der Waals surface area contributed by atoms with Crippen molar-refractivity contribution in [2.75, 3.05) is 0 Å². The Kier molecular flexibility index (Phi) is 5.52. The van der Waals surface area contributed by atoms with E-state index in [1.165, 1.54) is 18.3 Å². The lowest BCUT2D eigenvalue weighted by atomic mass is 10.2. The highest BCUT2D eigenvalue weighted by atomic mass is 35.5. The molecular weight excluding hydrogens is 267 g/mol. The van der Waals surface area contributed by atoms with Gasteiger partial charge in [-0.1, -0.05) is 17.0 Å². The Morgan fingerprint density at radius 3 is 2.47 bits per heavy atom. The summed E-state index contributed by atoms with van der Waals surface area (Å²) in [6, 6.07) is 7.67. The summed E-state index contributed by atoms with van der Waals surface area (Å²) in [5, 5.41) is 11.3. The second-order valence-electron chi connectivity index (χ2n) is 3.51. The first-order chi connectivity index (χ1) is 8.78. The summed E-state index contributed by atoms with van der Waals surface area (Å²) in [5.74, 6) is 5.51. The number of oxime groups is 1. The molecule has 2 rings (SSSR count). The van der Waals surface area contributed by atoms with E-state index in [0.717, 1.165) is 5.56 Å². The standard InChI is InChI=1S/C14H9FN2O.ClH/c15-14-5-3-11(4-6-14)1-2-12-7-13(10-17-18)9-16-8-12;/h3-10,18H;1H. The van der Waals surface area contributed by atoms with Crippen molar-refractivity contribution in [1.29, 1.82) is 0 Å². The molecule has 0 atom stereocenters. The van der Waals surface area contributed by atoms with Crippen molar-refractivity contribution >= 4 is 18.6 Å². The molecule has 1 N–H and O–H groups in total. The number of halogens is 2. The van der Waals surface area contributed by atoms with Crippen LogP contribution in [0.1, 0.15) is 16.7 Å². The molecule has 0 radical (unpaired) electrons. The molecule has 0 aliphatic heterocycles. The van der Waals surface area contributed by atoms with Crippen LogP contribution >= 0.6 is 12.4 Å². The molecule has 1 heterocycles. The van der Waals surface area contributed by atoms with Gasteiger partial charge in [0.15, 0.2) is 0 Å². The van der Waals surface area contributed by atoms with E-state index in [0.29, 0.717) is 11.1 Å². The topological polar surface area (TPSA) is 45.5 Å². The molecular formula is C14H10ClFN2O. The Bertz CT molecular complexity index is 630. The van der Waals surface area contributed by atoms with E-state index < -0.39 is 0 Å². The fraction of sp³-hybridized carbons (Fsp3) is 0. The smallest absolute Gasteiger partial charge is 0.123 e. The summed E-state index contributed by atoms with van der Waals surface area (Å²) in [4.78, 5) is 3.96. The fourth-order valence-corrected chi connectivity index (χ4v) is 1.34. The second-order valence-corrected chi connectivity index (χ2v) is 3.51.